The Bertz CT molecular complexity index is 1200. The second-order valence-electron chi connectivity index (χ2n) is 11.7. The Hall–Kier alpha value is -2.25. The molecule has 4 rings (SSSR count). The van der Waals surface area contributed by atoms with E-state index in [-0.39, 0.29) is 6.04 Å². The minimum atomic E-state index is -3.73. The average molecular weight is 565 g/mol. The van der Waals surface area contributed by atoms with Gasteiger partial charge >= 0.3 is 0 Å². The molecule has 3 aliphatic carbocycles. The van der Waals surface area contributed by atoms with Crippen molar-refractivity contribution in [3.63, 3.8) is 0 Å². The van der Waals surface area contributed by atoms with Gasteiger partial charge in [0.15, 0.2) is 0 Å². The van der Waals surface area contributed by atoms with Crippen molar-refractivity contribution in [3.05, 3.63) is 95.1 Å². The Morgan fingerprint density at radius 1 is 1.00 bits per heavy atom. The predicted molar refractivity (Wildman–Crippen MR) is 167 cm³/mol. The van der Waals surface area contributed by atoms with Crippen molar-refractivity contribution in [2.45, 2.75) is 82.4 Å². The highest BCUT2D eigenvalue weighted by Gasteiger charge is 2.37. The molecule has 1 saturated carbocycles. The lowest BCUT2D eigenvalue weighted by molar-refractivity contribution is 0.156. The quantitative estimate of drug-likeness (QED) is 0.210. The third-order valence-corrected chi connectivity index (χ3v) is 10.5. The highest BCUT2D eigenvalue weighted by molar-refractivity contribution is 7.91. The Kier molecular flexibility index (Phi) is 11.6. The van der Waals surface area contributed by atoms with Gasteiger partial charge in [0.05, 0.1) is 19.3 Å². The van der Waals surface area contributed by atoms with Crippen LogP contribution in [0.25, 0.3) is 0 Å². The van der Waals surface area contributed by atoms with E-state index in [4.69, 9.17) is 4.74 Å². The van der Waals surface area contributed by atoms with Crippen molar-refractivity contribution >= 4 is 10.0 Å². The van der Waals surface area contributed by atoms with Crippen LogP contribution in [0, 0.1) is 5.92 Å². The molecule has 218 valence electrons. The minimum Gasteiger partial charge on any atom is -0.376 e. The topological polar surface area (TPSA) is 67.4 Å². The van der Waals surface area contributed by atoms with Gasteiger partial charge < -0.3 is 10.1 Å². The number of sulfonamides is 1. The molecule has 1 aromatic carbocycles. The molecule has 0 saturated heterocycles. The summed E-state index contributed by atoms with van der Waals surface area (Å²) in [6.45, 7) is 6.30. The summed E-state index contributed by atoms with van der Waals surface area (Å²) in [4.78, 5) is 0. The lowest BCUT2D eigenvalue weighted by atomic mass is 9.85. The molecule has 2 N–H and O–H groups in total. The van der Waals surface area contributed by atoms with Gasteiger partial charge in [-0.1, -0.05) is 111 Å². The van der Waals surface area contributed by atoms with Crippen molar-refractivity contribution in [3.8, 4) is 0 Å². The van der Waals surface area contributed by atoms with Crippen molar-refractivity contribution in [2.24, 2.45) is 5.92 Å². The fraction of sp³-hybridized carbons (Fsp3) is 0.529. The van der Waals surface area contributed by atoms with E-state index >= 15 is 0 Å². The van der Waals surface area contributed by atoms with Gasteiger partial charge in [0, 0.05) is 13.1 Å². The standard InChI is InChI=1S/C34H48N2O3S/c1-28-17-19-29(20-18-28)27-39-25-24-35-26-33(32-14-9-6-10-15-32)36-40(37,38)34(2)22-11-16-31(21-23-34)30-12-7-4-3-5-8-13-30/h6,9-11,14-17,20-23,30,33,35-36H,3-5,7-8,12-13,18-19,24-27H2,1-2H3. The van der Waals surface area contributed by atoms with Crippen LogP contribution in [-0.2, 0) is 14.8 Å². The molecule has 0 heterocycles. The number of hydrogen-bond donors (Lipinski definition) is 2. The van der Waals surface area contributed by atoms with Crippen LogP contribution in [-0.4, -0.2) is 39.5 Å². The van der Waals surface area contributed by atoms with Crippen LogP contribution in [0.4, 0.5) is 0 Å². The number of hydrogen-bond acceptors (Lipinski definition) is 4. The number of ether oxygens (including phenoxy) is 1. The molecular weight excluding hydrogens is 516 g/mol. The van der Waals surface area contributed by atoms with Crippen LogP contribution >= 0.6 is 0 Å². The second kappa shape index (κ2) is 15.1. The van der Waals surface area contributed by atoms with Crippen molar-refractivity contribution in [2.75, 3.05) is 26.3 Å². The van der Waals surface area contributed by atoms with Crippen molar-refractivity contribution in [1.82, 2.24) is 10.0 Å². The lowest BCUT2D eigenvalue weighted by Crippen LogP contribution is -2.45. The summed E-state index contributed by atoms with van der Waals surface area (Å²) in [5, 5.41) is 3.41. The lowest BCUT2D eigenvalue weighted by Gasteiger charge is -2.27. The van der Waals surface area contributed by atoms with E-state index in [0.29, 0.717) is 32.2 Å². The van der Waals surface area contributed by atoms with E-state index in [2.05, 4.69) is 41.3 Å². The van der Waals surface area contributed by atoms with Gasteiger partial charge in [0.2, 0.25) is 10.0 Å². The number of rotatable bonds is 12. The highest BCUT2D eigenvalue weighted by Crippen LogP contribution is 2.32. The van der Waals surface area contributed by atoms with E-state index < -0.39 is 14.8 Å². The molecule has 1 aromatic rings. The predicted octanol–water partition coefficient (Wildman–Crippen LogP) is 7.09. The normalized spacial score (nSPS) is 23.4. The third-order valence-electron chi connectivity index (χ3n) is 8.46. The first kappa shape index (κ1) is 30.7. The van der Waals surface area contributed by atoms with Gasteiger partial charge in [0.1, 0.15) is 4.75 Å². The first-order valence-corrected chi connectivity index (χ1v) is 16.6. The first-order chi connectivity index (χ1) is 19.4. The highest BCUT2D eigenvalue weighted by atomic mass is 32.2. The zero-order valence-electron chi connectivity index (χ0n) is 24.4. The molecule has 40 heavy (non-hydrogen) atoms. The monoisotopic (exact) mass is 564 g/mol. The van der Waals surface area contributed by atoms with Gasteiger partial charge in [-0.15, -0.1) is 0 Å². The molecule has 0 bridgehead atoms. The van der Waals surface area contributed by atoms with Crippen LogP contribution in [0.3, 0.4) is 0 Å². The fourth-order valence-electron chi connectivity index (χ4n) is 5.68. The summed E-state index contributed by atoms with van der Waals surface area (Å²) in [6.07, 6.45) is 25.2. The number of nitrogens with one attached hydrogen (secondary N) is 2. The molecule has 5 nitrogen and oxygen atoms in total. The Balaban J connectivity index is 1.35. The van der Waals surface area contributed by atoms with Gasteiger partial charge in [-0.2, -0.15) is 0 Å². The smallest absolute Gasteiger partial charge is 0.224 e. The van der Waals surface area contributed by atoms with Crippen LogP contribution in [0.2, 0.25) is 0 Å². The van der Waals surface area contributed by atoms with Crippen LogP contribution in [0.1, 0.15) is 83.2 Å². The van der Waals surface area contributed by atoms with Gasteiger partial charge in [-0.3, -0.25) is 0 Å². The molecule has 0 aliphatic heterocycles. The molecule has 2 unspecified atom stereocenters. The maximum absolute atomic E-state index is 13.9. The van der Waals surface area contributed by atoms with Crippen molar-refractivity contribution < 1.29 is 13.2 Å². The van der Waals surface area contributed by atoms with Crippen LogP contribution < -0.4 is 10.0 Å². The molecule has 3 aliphatic rings. The average Bonchev–Trinajstić information content (AvgIpc) is 3.14. The molecule has 0 aromatic heterocycles. The Morgan fingerprint density at radius 2 is 1.75 bits per heavy atom. The fourth-order valence-corrected chi connectivity index (χ4v) is 7.03. The van der Waals surface area contributed by atoms with Crippen LogP contribution in [0.15, 0.2) is 89.6 Å². The van der Waals surface area contributed by atoms with E-state index in [9.17, 15) is 8.42 Å². The summed E-state index contributed by atoms with van der Waals surface area (Å²) in [5.41, 5.74) is 4.93. The summed E-state index contributed by atoms with van der Waals surface area (Å²) in [6, 6.07) is 9.42. The second-order valence-corrected chi connectivity index (χ2v) is 13.9. The third kappa shape index (κ3) is 8.87. The van der Waals surface area contributed by atoms with Gasteiger partial charge in [-0.25, -0.2) is 13.1 Å². The molecular formula is C34H48N2O3S. The van der Waals surface area contributed by atoms with Crippen LogP contribution in [0.5, 0.6) is 0 Å². The summed E-state index contributed by atoms with van der Waals surface area (Å²) in [7, 11) is -3.73. The molecule has 0 radical (unpaired) electrons. The maximum Gasteiger partial charge on any atom is 0.224 e. The Morgan fingerprint density at radius 3 is 2.48 bits per heavy atom. The molecule has 6 heteroatoms. The first-order valence-electron chi connectivity index (χ1n) is 15.1. The maximum atomic E-state index is 13.9. The zero-order chi connectivity index (χ0) is 28.3. The molecule has 0 spiro atoms. The minimum absolute atomic E-state index is 0.389. The van der Waals surface area contributed by atoms with E-state index in [1.54, 1.807) is 6.92 Å². The van der Waals surface area contributed by atoms with Crippen molar-refractivity contribution in [1.29, 1.82) is 0 Å². The largest absolute Gasteiger partial charge is 0.376 e. The summed E-state index contributed by atoms with van der Waals surface area (Å²) in [5.74, 6) is 0.512. The van der Waals surface area contributed by atoms with E-state index in [1.807, 2.05) is 48.6 Å². The van der Waals surface area contributed by atoms with Gasteiger partial charge in [0.25, 0.3) is 0 Å². The number of benzene rings is 1. The van der Waals surface area contributed by atoms with E-state index in [0.717, 1.165) is 18.4 Å². The molecule has 2 atom stereocenters. The molecule has 1 fully saturated rings. The number of allylic oxidation sites excluding steroid dienone is 7. The summed E-state index contributed by atoms with van der Waals surface area (Å²) < 4.78 is 35.5. The SMILES string of the molecule is CC1=CCC(COCCNCC(NS(=O)(=O)C2(C)C=CC=C(C3CCCCCCC3)C=C2)c2ccccc2)=CC1. The Labute approximate surface area is 242 Å². The van der Waals surface area contributed by atoms with E-state index in [1.165, 1.54) is 61.7 Å². The van der Waals surface area contributed by atoms with Gasteiger partial charge in [-0.05, 0) is 62.2 Å². The zero-order valence-corrected chi connectivity index (χ0v) is 25.2. The molecule has 0 amide bonds. The summed E-state index contributed by atoms with van der Waals surface area (Å²) >= 11 is 0.